The van der Waals surface area contributed by atoms with E-state index in [0.717, 1.165) is 25.6 Å². The Labute approximate surface area is 97.8 Å². The maximum absolute atomic E-state index is 12.2. The lowest BCUT2D eigenvalue weighted by Gasteiger charge is -2.01. The molecule has 1 aromatic heterocycles. The van der Waals surface area contributed by atoms with E-state index in [9.17, 15) is 4.79 Å². The van der Waals surface area contributed by atoms with Gasteiger partial charge in [0.25, 0.3) is 0 Å². The van der Waals surface area contributed by atoms with Crippen LogP contribution in [0.15, 0.2) is 47.3 Å². The lowest BCUT2D eigenvalue weighted by molar-refractivity contribution is 1.76. The first kappa shape index (κ1) is 9.61. The fourth-order valence-electron chi connectivity index (χ4n) is 1.92. The predicted molar refractivity (Wildman–Crippen MR) is 73.8 cm³/mol. The normalized spacial score (nSPS) is 11.0. The van der Waals surface area contributed by atoms with Gasteiger partial charge in [-0.15, -0.1) is 11.3 Å². The smallest absolute Gasteiger partial charge is 0.195 e. The van der Waals surface area contributed by atoms with E-state index in [0.29, 0.717) is 0 Å². The molecule has 0 amide bonds. The molecule has 0 N–H and O–H groups in total. The van der Waals surface area contributed by atoms with Crippen LogP contribution in [0.1, 0.15) is 0 Å². The van der Waals surface area contributed by atoms with Gasteiger partial charge in [0, 0.05) is 20.2 Å². The Morgan fingerprint density at radius 2 is 1.69 bits per heavy atom. The topological polar surface area (TPSA) is 17.1 Å². The lowest BCUT2D eigenvalue weighted by atomic mass is 9.95. The minimum Gasteiger partial charge on any atom is -0.289 e. The Balaban J connectivity index is 2.61. The molecule has 2 aromatic carbocycles. The van der Waals surface area contributed by atoms with Gasteiger partial charge in [0.2, 0.25) is 0 Å². The molecule has 1 heterocycles. The first-order chi connectivity index (χ1) is 7.75. The van der Waals surface area contributed by atoms with E-state index in [1.165, 1.54) is 0 Å². The van der Waals surface area contributed by atoms with Crippen LogP contribution in [0.4, 0.5) is 0 Å². The summed E-state index contributed by atoms with van der Waals surface area (Å²) in [6.07, 6.45) is 0. The summed E-state index contributed by atoms with van der Waals surface area (Å²) < 4.78 is 2.12. The average molecular weight is 224 g/mol. The summed E-state index contributed by atoms with van der Waals surface area (Å²) in [4.78, 5) is 12.2. The van der Waals surface area contributed by atoms with Gasteiger partial charge in [-0.25, -0.2) is 0 Å². The van der Waals surface area contributed by atoms with E-state index >= 15 is 0 Å². The van der Waals surface area contributed by atoms with Crippen molar-refractivity contribution in [3.63, 3.8) is 0 Å². The van der Waals surface area contributed by atoms with E-state index in [1.54, 1.807) is 11.3 Å². The molecule has 3 rings (SSSR count). The number of fused-ring (bicyclic) bond motifs is 2. The van der Waals surface area contributed by atoms with Crippen molar-refractivity contribution in [3.05, 3.63) is 52.7 Å². The van der Waals surface area contributed by atoms with Crippen LogP contribution in [-0.4, -0.2) is 7.85 Å². The molecule has 76 valence electrons. The molecule has 0 aliphatic heterocycles. The van der Waals surface area contributed by atoms with Crippen molar-refractivity contribution in [2.24, 2.45) is 0 Å². The highest BCUT2D eigenvalue weighted by atomic mass is 32.1. The molecule has 0 bridgehead atoms. The van der Waals surface area contributed by atoms with Crippen LogP contribution in [0.5, 0.6) is 0 Å². The Bertz CT molecular complexity index is 746. The van der Waals surface area contributed by atoms with E-state index < -0.39 is 0 Å². The number of hydrogen-bond donors (Lipinski definition) is 0. The maximum Gasteiger partial charge on any atom is 0.195 e. The second kappa shape index (κ2) is 3.46. The predicted octanol–water partition coefficient (Wildman–Crippen LogP) is 1.67. The molecule has 3 heteroatoms. The molecular weight excluding hydrogens is 215 g/mol. The van der Waals surface area contributed by atoms with E-state index in [4.69, 9.17) is 0 Å². The second-order valence-electron chi connectivity index (χ2n) is 3.93. The van der Waals surface area contributed by atoms with Crippen molar-refractivity contribution in [2.45, 2.75) is 0 Å². The van der Waals surface area contributed by atoms with Crippen LogP contribution in [0.25, 0.3) is 20.2 Å². The molecule has 0 unspecified atom stereocenters. The SMILES string of the molecule is Bc1ccc2sc3ccccc3c(=O)c2c1. The standard InChI is InChI=1S/C13H9BOS/c14-8-5-6-12-10(7-8)13(15)9-3-1-2-4-11(9)16-12/h1-7H,14H2. The number of hydrogen-bond acceptors (Lipinski definition) is 2. The van der Waals surface area contributed by atoms with E-state index in [-0.39, 0.29) is 5.43 Å². The Hall–Kier alpha value is -1.61. The van der Waals surface area contributed by atoms with Gasteiger partial charge < -0.3 is 0 Å². The van der Waals surface area contributed by atoms with Gasteiger partial charge in [0.05, 0.1) is 0 Å². The average Bonchev–Trinajstić information content (AvgIpc) is 2.31. The summed E-state index contributed by atoms with van der Waals surface area (Å²) in [5.41, 5.74) is 1.28. The molecule has 0 atom stereocenters. The first-order valence-electron chi connectivity index (χ1n) is 5.18. The molecular formula is C13H9BOS. The molecule has 0 saturated heterocycles. The van der Waals surface area contributed by atoms with Crippen LogP contribution >= 0.6 is 11.3 Å². The molecule has 16 heavy (non-hydrogen) atoms. The second-order valence-corrected chi connectivity index (χ2v) is 5.01. The highest BCUT2D eigenvalue weighted by Gasteiger charge is 2.04. The molecule has 0 spiro atoms. The van der Waals surface area contributed by atoms with Crippen molar-refractivity contribution in [1.29, 1.82) is 0 Å². The van der Waals surface area contributed by atoms with Crippen LogP contribution in [-0.2, 0) is 0 Å². The van der Waals surface area contributed by atoms with Crippen LogP contribution < -0.4 is 10.9 Å². The van der Waals surface area contributed by atoms with Gasteiger partial charge in [0.1, 0.15) is 7.85 Å². The molecule has 1 nitrogen and oxygen atoms in total. The third kappa shape index (κ3) is 1.36. The molecule has 0 aliphatic carbocycles. The maximum atomic E-state index is 12.2. The van der Waals surface area contributed by atoms with E-state index in [1.807, 2.05) is 50.3 Å². The number of benzene rings is 2. The van der Waals surface area contributed by atoms with Crippen molar-refractivity contribution >= 4 is 44.8 Å². The zero-order valence-electron chi connectivity index (χ0n) is 8.86. The summed E-state index contributed by atoms with van der Waals surface area (Å²) in [6, 6.07) is 13.8. The fourth-order valence-corrected chi connectivity index (χ4v) is 2.97. The minimum absolute atomic E-state index is 0.146. The monoisotopic (exact) mass is 224 g/mol. The van der Waals surface area contributed by atoms with Crippen LogP contribution in [0.3, 0.4) is 0 Å². The highest BCUT2D eigenvalue weighted by molar-refractivity contribution is 7.24. The highest BCUT2D eigenvalue weighted by Crippen LogP contribution is 2.23. The summed E-state index contributed by atoms with van der Waals surface area (Å²) in [5, 5.41) is 1.66. The van der Waals surface area contributed by atoms with Crippen molar-refractivity contribution in [1.82, 2.24) is 0 Å². The van der Waals surface area contributed by atoms with Crippen molar-refractivity contribution in [3.8, 4) is 0 Å². The minimum atomic E-state index is 0.146. The van der Waals surface area contributed by atoms with Gasteiger partial charge in [-0.2, -0.15) is 0 Å². The van der Waals surface area contributed by atoms with Gasteiger partial charge >= 0.3 is 0 Å². The van der Waals surface area contributed by atoms with E-state index in [2.05, 4.69) is 0 Å². The van der Waals surface area contributed by atoms with Crippen molar-refractivity contribution < 1.29 is 0 Å². The quantitative estimate of drug-likeness (QED) is 0.419. The number of rotatable bonds is 0. The van der Waals surface area contributed by atoms with Gasteiger partial charge in [-0.1, -0.05) is 29.7 Å². The van der Waals surface area contributed by atoms with Crippen LogP contribution in [0.2, 0.25) is 0 Å². The summed E-state index contributed by atoms with van der Waals surface area (Å²) in [5.74, 6) is 0. The molecule has 0 saturated carbocycles. The largest absolute Gasteiger partial charge is 0.289 e. The van der Waals surface area contributed by atoms with Gasteiger partial charge in [-0.05, 0) is 18.2 Å². The Morgan fingerprint density at radius 1 is 0.938 bits per heavy atom. The first-order valence-corrected chi connectivity index (χ1v) is 5.99. The Kier molecular flexibility index (Phi) is 2.08. The third-order valence-corrected chi connectivity index (χ3v) is 3.88. The van der Waals surface area contributed by atoms with Crippen LogP contribution in [0, 0.1) is 0 Å². The van der Waals surface area contributed by atoms with Gasteiger partial charge in [0.15, 0.2) is 5.43 Å². The summed E-state index contributed by atoms with van der Waals surface area (Å²) >= 11 is 1.67. The fraction of sp³-hybridized carbons (Fsp3) is 0. The molecule has 0 fully saturated rings. The van der Waals surface area contributed by atoms with Gasteiger partial charge in [-0.3, -0.25) is 4.79 Å². The summed E-state index contributed by atoms with van der Waals surface area (Å²) in [7, 11) is 2.01. The Morgan fingerprint density at radius 3 is 2.56 bits per heavy atom. The zero-order chi connectivity index (χ0) is 11.1. The zero-order valence-corrected chi connectivity index (χ0v) is 9.67. The molecule has 0 aliphatic rings. The molecule has 3 aromatic rings. The lowest BCUT2D eigenvalue weighted by Crippen LogP contribution is -2.06. The van der Waals surface area contributed by atoms with Crippen molar-refractivity contribution in [2.75, 3.05) is 0 Å². The third-order valence-electron chi connectivity index (χ3n) is 2.73. The summed E-state index contributed by atoms with van der Waals surface area (Å²) in [6.45, 7) is 0. The molecule has 0 radical (unpaired) electrons.